The number of hydrogen-bond donors (Lipinski definition) is 1. The molecule has 182 valence electrons. The highest BCUT2D eigenvalue weighted by molar-refractivity contribution is 7.92. The lowest BCUT2D eigenvalue weighted by Gasteiger charge is -2.26. The number of thiophene rings is 1. The average Bonchev–Trinajstić information content (AvgIpc) is 3.10. The smallest absolute Gasteiger partial charge is 0.341 e. The van der Waals surface area contributed by atoms with Crippen LogP contribution in [0.3, 0.4) is 0 Å². The number of benzene rings is 1. The molecule has 2 aromatic rings. The third-order valence-corrected chi connectivity index (χ3v) is 8.86. The number of esters is 1. The van der Waals surface area contributed by atoms with Gasteiger partial charge in [-0.1, -0.05) is 19.1 Å². The third-order valence-electron chi connectivity index (χ3n) is 5.56. The van der Waals surface area contributed by atoms with E-state index in [0.29, 0.717) is 16.1 Å². The van der Waals surface area contributed by atoms with Gasteiger partial charge in [-0.15, -0.1) is 23.7 Å². The Bertz CT molecular complexity index is 1090. The normalized spacial score (nSPS) is 13.8. The summed E-state index contributed by atoms with van der Waals surface area (Å²) in [5.74, 6) is -0.705. The summed E-state index contributed by atoms with van der Waals surface area (Å²) >= 11 is 1.43. The van der Waals surface area contributed by atoms with Crippen molar-refractivity contribution >= 4 is 50.5 Å². The third kappa shape index (κ3) is 6.15. The molecule has 0 spiro atoms. The molecule has 1 N–H and O–H groups in total. The highest BCUT2D eigenvalue weighted by Gasteiger charge is 2.29. The lowest BCUT2D eigenvalue weighted by Crippen LogP contribution is -2.30. The number of nitrogens with one attached hydrogen (secondary N) is 1. The monoisotopic (exact) mass is 514 g/mol. The molecule has 0 fully saturated rings. The fourth-order valence-corrected chi connectivity index (χ4v) is 6.15. The lowest BCUT2D eigenvalue weighted by atomic mass is 10.0. The molecule has 3 rings (SSSR count). The van der Waals surface area contributed by atoms with E-state index < -0.39 is 21.1 Å². The van der Waals surface area contributed by atoms with Crippen molar-refractivity contribution in [1.29, 1.82) is 0 Å². The Morgan fingerprint density at radius 2 is 1.88 bits per heavy atom. The number of fused-ring (bicyclic) bond motifs is 1. The Hall–Kier alpha value is -1.94. The van der Waals surface area contributed by atoms with Crippen LogP contribution >= 0.6 is 23.7 Å². The topological polar surface area (TPSA) is 92.8 Å². The first-order valence-electron chi connectivity index (χ1n) is 10.7. The predicted molar refractivity (Wildman–Crippen MR) is 133 cm³/mol. The molecule has 1 aromatic carbocycles. The molecule has 0 bridgehead atoms. The summed E-state index contributed by atoms with van der Waals surface area (Å²) < 4.78 is 29.5. The zero-order valence-corrected chi connectivity index (χ0v) is 21.8. The van der Waals surface area contributed by atoms with Crippen LogP contribution in [0.2, 0.25) is 0 Å². The number of sulfone groups is 1. The van der Waals surface area contributed by atoms with Gasteiger partial charge in [0.05, 0.1) is 29.2 Å². The number of halogens is 1. The Kier molecular flexibility index (Phi) is 9.48. The summed E-state index contributed by atoms with van der Waals surface area (Å²) in [4.78, 5) is 28.9. The Morgan fingerprint density at radius 1 is 1.21 bits per heavy atom. The zero-order valence-electron chi connectivity index (χ0n) is 19.3. The van der Waals surface area contributed by atoms with Crippen LogP contribution in [0, 0.1) is 0 Å². The minimum Gasteiger partial charge on any atom is -0.465 e. The minimum absolute atomic E-state index is 0. The van der Waals surface area contributed by atoms with Gasteiger partial charge in [-0.05, 0) is 56.5 Å². The van der Waals surface area contributed by atoms with Crippen LogP contribution in [-0.4, -0.2) is 50.6 Å². The van der Waals surface area contributed by atoms with Crippen LogP contribution in [0.1, 0.15) is 53.6 Å². The zero-order chi connectivity index (χ0) is 23.5. The van der Waals surface area contributed by atoms with E-state index in [9.17, 15) is 18.0 Å². The largest absolute Gasteiger partial charge is 0.465 e. The molecule has 0 saturated carbocycles. The maximum atomic E-state index is 12.7. The molecule has 1 aromatic heterocycles. The van der Waals surface area contributed by atoms with E-state index in [2.05, 4.69) is 17.1 Å². The quantitative estimate of drug-likeness (QED) is 0.533. The maximum Gasteiger partial charge on any atom is 0.341 e. The van der Waals surface area contributed by atoms with Gasteiger partial charge in [-0.3, -0.25) is 9.69 Å². The van der Waals surface area contributed by atoms with Gasteiger partial charge in [-0.2, -0.15) is 0 Å². The molecule has 10 heteroatoms. The van der Waals surface area contributed by atoms with E-state index in [1.165, 1.54) is 30.6 Å². The van der Waals surface area contributed by atoms with E-state index >= 15 is 0 Å². The van der Waals surface area contributed by atoms with E-state index in [0.717, 1.165) is 42.9 Å². The Balaban J connectivity index is 0.00000385. The van der Waals surface area contributed by atoms with E-state index in [1.54, 1.807) is 26.0 Å². The lowest BCUT2D eigenvalue weighted by molar-refractivity contribution is -0.115. The first-order valence-corrected chi connectivity index (χ1v) is 13.1. The number of methoxy groups -OCH3 is 1. The van der Waals surface area contributed by atoms with E-state index in [1.807, 2.05) is 0 Å². The highest BCUT2D eigenvalue weighted by atomic mass is 35.5. The standard InChI is InChI=1S/C23H30N2O5S2.ClH/c1-5-11-25-12-10-18-19(14-25)31-22(21(18)23(27)30-4)24-20(26)13-16-6-8-17(9-7-16)32(28,29)15(2)3;/h6-9,15H,5,10-14H2,1-4H3,(H,24,26);1H. The molecule has 0 unspecified atom stereocenters. The molecule has 1 aliphatic heterocycles. The van der Waals surface area contributed by atoms with Gasteiger partial charge in [0.25, 0.3) is 0 Å². The van der Waals surface area contributed by atoms with Crippen molar-refractivity contribution < 1.29 is 22.7 Å². The van der Waals surface area contributed by atoms with Crippen molar-refractivity contribution in [3.05, 3.63) is 45.8 Å². The summed E-state index contributed by atoms with van der Waals surface area (Å²) in [5, 5.41) is 2.89. The molecule has 1 aliphatic rings. The molecule has 33 heavy (non-hydrogen) atoms. The van der Waals surface area contributed by atoms with Gasteiger partial charge in [0.15, 0.2) is 9.84 Å². The van der Waals surface area contributed by atoms with Crippen LogP contribution in [0.4, 0.5) is 5.00 Å². The van der Waals surface area contributed by atoms with Gasteiger partial charge < -0.3 is 10.1 Å². The first kappa shape index (κ1) is 27.3. The first-order chi connectivity index (χ1) is 15.2. The van der Waals surface area contributed by atoms with Gasteiger partial charge in [-0.25, -0.2) is 13.2 Å². The summed E-state index contributed by atoms with van der Waals surface area (Å²) in [6.45, 7) is 8.05. The Morgan fingerprint density at radius 3 is 2.45 bits per heavy atom. The van der Waals surface area contributed by atoms with Crippen molar-refractivity contribution in [2.24, 2.45) is 0 Å². The van der Waals surface area contributed by atoms with Gasteiger partial charge in [0.2, 0.25) is 5.91 Å². The van der Waals surface area contributed by atoms with Gasteiger partial charge in [0, 0.05) is 18.0 Å². The number of hydrogen-bond acceptors (Lipinski definition) is 7. The fraction of sp³-hybridized carbons (Fsp3) is 0.478. The molecular formula is C23H31ClN2O5S2. The van der Waals surface area contributed by atoms with Gasteiger partial charge >= 0.3 is 5.97 Å². The summed E-state index contributed by atoms with van der Waals surface area (Å²) in [6.07, 6.45) is 1.89. The van der Waals surface area contributed by atoms with Crippen LogP contribution < -0.4 is 5.32 Å². The SMILES string of the molecule is CCCN1CCc2c(sc(NC(=O)Cc3ccc(S(=O)(=O)C(C)C)cc3)c2C(=O)OC)C1.Cl. The minimum atomic E-state index is -3.35. The van der Waals surface area contributed by atoms with E-state index in [-0.39, 0.29) is 29.6 Å². The van der Waals surface area contributed by atoms with Crippen molar-refractivity contribution in [3.8, 4) is 0 Å². The van der Waals surface area contributed by atoms with Crippen LogP contribution in [-0.2, 0) is 38.8 Å². The summed E-state index contributed by atoms with van der Waals surface area (Å²) in [6, 6.07) is 6.37. The summed E-state index contributed by atoms with van der Waals surface area (Å²) in [7, 11) is -2.01. The van der Waals surface area contributed by atoms with Gasteiger partial charge in [0.1, 0.15) is 5.00 Å². The number of carbonyl (C=O) groups excluding carboxylic acids is 2. The molecule has 0 aliphatic carbocycles. The second-order valence-electron chi connectivity index (χ2n) is 8.19. The Labute approximate surface area is 205 Å². The number of ether oxygens (including phenoxy) is 1. The fourth-order valence-electron chi connectivity index (χ4n) is 3.79. The number of carbonyl (C=O) groups is 2. The number of rotatable bonds is 8. The number of nitrogens with zero attached hydrogens (tertiary/aromatic N) is 1. The molecular weight excluding hydrogens is 484 g/mol. The second kappa shape index (κ2) is 11.5. The molecule has 1 amide bonds. The second-order valence-corrected chi connectivity index (χ2v) is 11.8. The van der Waals surface area contributed by atoms with Crippen molar-refractivity contribution in [1.82, 2.24) is 4.90 Å². The maximum absolute atomic E-state index is 12.7. The number of anilines is 1. The van der Waals surface area contributed by atoms with Crippen molar-refractivity contribution in [2.75, 3.05) is 25.5 Å². The number of amides is 1. The molecule has 0 atom stereocenters. The molecule has 0 saturated heterocycles. The molecule has 0 radical (unpaired) electrons. The molecule has 2 heterocycles. The van der Waals surface area contributed by atoms with Crippen LogP contribution in [0.15, 0.2) is 29.2 Å². The highest BCUT2D eigenvalue weighted by Crippen LogP contribution is 2.37. The summed E-state index contributed by atoms with van der Waals surface area (Å²) in [5.41, 5.74) is 2.11. The average molecular weight is 515 g/mol. The van der Waals surface area contributed by atoms with Crippen molar-refractivity contribution in [2.45, 2.75) is 56.7 Å². The molecule has 7 nitrogen and oxygen atoms in total. The van der Waals surface area contributed by atoms with Crippen LogP contribution in [0.5, 0.6) is 0 Å². The van der Waals surface area contributed by atoms with Crippen molar-refractivity contribution in [3.63, 3.8) is 0 Å². The van der Waals surface area contributed by atoms with Crippen LogP contribution in [0.25, 0.3) is 0 Å². The predicted octanol–water partition coefficient (Wildman–Crippen LogP) is 4.09. The van der Waals surface area contributed by atoms with E-state index in [4.69, 9.17) is 4.74 Å².